The second-order valence-electron chi connectivity index (χ2n) is 5.88. The highest BCUT2D eigenvalue weighted by Gasteiger charge is 2.43. The maximum atomic E-state index is 12.9. The molecule has 0 aromatic carbocycles. The average Bonchev–Trinajstić information content (AvgIpc) is 2.77. The van der Waals surface area contributed by atoms with Gasteiger partial charge in [0, 0.05) is 12.6 Å². The highest BCUT2D eigenvalue weighted by molar-refractivity contribution is 5.87. The van der Waals surface area contributed by atoms with Gasteiger partial charge in [0.15, 0.2) is 0 Å². The van der Waals surface area contributed by atoms with E-state index in [0.29, 0.717) is 11.9 Å². The summed E-state index contributed by atoms with van der Waals surface area (Å²) in [5.41, 5.74) is -0.238. The second-order valence-corrected chi connectivity index (χ2v) is 5.88. The summed E-state index contributed by atoms with van der Waals surface area (Å²) in [7, 11) is 0. The Morgan fingerprint density at radius 1 is 1.28 bits per heavy atom. The molecule has 3 nitrogen and oxygen atoms in total. The average molecular weight is 252 g/mol. The van der Waals surface area contributed by atoms with Crippen molar-refractivity contribution in [3.05, 3.63) is 0 Å². The van der Waals surface area contributed by atoms with E-state index in [2.05, 4.69) is 24.1 Å². The molecule has 18 heavy (non-hydrogen) atoms. The SMILES string of the molecule is CCC1CCCCCN1C(=O)C1(CC)CCCN1. The molecule has 2 heterocycles. The number of carbonyl (C=O) groups is 1. The molecule has 0 saturated carbocycles. The van der Waals surface area contributed by atoms with E-state index in [1.165, 1.54) is 25.7 Å². The predicted molar refractivity (Wildman–Crippen MR) is 74.5 cm³/mol. The summed E-state index contributed by atoms with van der Waals surface area (Å²) in [6.45, 7) is 6.34. The van der Waals surface area contributed by atoms with Crippen LogP contribution in [0.4, 0.5) is 0 Å². The lowest BCUT2D eigenvalue weighted by molar-refractivity contribution is -0.140. The highest BCUT2D eigenvalue weighted by Crippen LogP contribution is 2.29. The first kappa shape index (κ1) is 13.9. The number of amides is 1. The zero-order chi connectivity index (χ0) is 13.0. The van der Waals surface area contributed by atoms with Crippen LogP contribution in [0.1, 0.15) is 65.2 Å². The van der Waals surface area contributed by atoms with Crippen molar-refractivity contribution >= 4 is 5.91 Å². The first-order chi connectivity index (χ1) is 8.73. The molecule has 2 atom stereocenters. The largest absolute Gasteiger partial charge is 0.338 e. The fourth-order valence-electron chi connectivity index (χ4n) is 3.59. The summed E-state index contributed by atoms with van der Waals surface area (Å²) < 4.78 is 0. The summed E-state index contributed by atoms with van der Waals surface area (Å²) in [5, 5.41) is 3.49. The lowest BCUT2D eigenvalue weighted by Gasteiger charge is -2.37. The van der Waals surface area contributed by atoms with Crippen molar-refractivity contribution < 1.29 is 4.79 Å². The van der Waals surface area contributed by atoms with E-state index in [1.807, 2.05) is 0 Å². The molecule has 0 aliphatic carbocycles. The maximum absolute atomic E-state index is 12.9. The molecule has 1 amide bonds. The molecule has 0 spiro atoms. The summed E-state index contributed by atoms with van der Waals surface area (Å²) in [6.07, 6.45) is 9.15. The van der Waals surface area contributed by atoms with Gasteiger partial charge in [0.05, 0.1) is 5.54 Å². The Labute approximate surface area is 111 Å². The quantitative estimate of drug-likeness (QED) is 0.837. The van der Waals surface area contributed by atoms with Gasteiger partial charge in [0.2, 0.25) is 5.91 Å². The molecule has 2 fully saturated rings. The highest BCUT2D eigenvalue weighted by atomic mass is 16.2. The van der Waals surface area contributed by atoms with E-state index in [9.17, 15) is 4.79 Å². The van der Waals surface area contributed by atoms with E-state index in [1.54, 1.807) is 0 Å². The monoisotopic (exact) mass is 252 g/mol. The van der Waals surface area contributed by atoms with Gasteiger partial charge in [-0.05, 0) is 45.1 Å². The summed E-state index contributed by atoms with van der Waals surface area (Å²) in [6, 6.07) is 0.478. The van der Waals surface area contributed by atoms with Gasteiger partial charge in [-0.3, -0.25) is 4.79 Å². The van der Waals surface area contributed by atoms with Gasteiger partial charge in [-0.15, -0.1) is 0 Å². The fourth-order valence-corrected chi connectivity index (χ4v) is 3.59. The zero-order valence-corrected chi connectivity index (χ0v) is 12.0. The van der Waals surface area contributed by atoms with Crippen molar-refractivity contribution in [1.82, 2.24) is 10.2 Å². The Hall–Kier alpha value is -0.570. The van der Waals surface area contributed by atoms with E-state index in [4.69, 9.17) is 0 Å². The number of hydrogen-bond donors (Lipinski definition) is 1. The second kappa shape index (κ2) is 6.05. The van der Waals surface area contributed by atoms with Crippen LogP contribution in [-0.2, 0) is 4.79 Å². The van der Waals surface area contributed by atoms with Crippen LogP contribution in [0.3, 0.4) is 0 Å². The van der Waals surface area contributed by atoms with Gasteiger partial charge in [0.25, 0.3) is 0 Å². The molecular weight excluding hydrogens is 224 g/mol. The first-order valence-electron chi connectivity index (χ1n) is 7.79. The molecule has 0 radical (unpaired) electrons. The lowest BCUT2D eigenvalue weighted by atomic mass is 9.91. The molecule has 2 rings (SSSR count). The molecular formula is C15H28N2O. The third kappa shape index (κ3) is 2.56. The van der Waals surface area contributed by atoms with Gasteiger partial charge in [0.1, 0.15) is 0 Å². The Kier molecular flexibility index (Phi) is 4.66. The Morgan fingerprint density at radius 2 is 2.11 bits per heavy atom. The fraction of sp³-hybridized carbons (Fsp3) is 0.933. The van der Waals surface area contributed by atoms with Crippen molar-refractivity contribution in [3.63, 3.8) is 0 Å². The Balaban J connectivity index is 2.13. The summed E-state index contributed by atoms with van der Waals surface area (Å²) >= 11 is 0. The van der Waals surface area contributed by atoms with E-state index in [-0.39, 0.29) is 5.54 Å². The van der Waals surface area contributed by atoms with E-state index < -0.39 is 0 Å². The van der Waals surface area contributed by atoms with Gasteiger partial charge >= 0.3 is 0 Å². The molecule has 3 heteroatoms. The normalized spacial score (nSPS) is 33.4. The van der Waals surface area contributed by atoms with Crippen molar-refractivity contribution in [2.24, 2.45) is 0 Å². The van der Waals surface area contributed by atoms with Crippen LogP contribution in [0.15, 0.2) is 0 Å². The number of hydrogen-bond acceptors (Lipinski definition) is 2. The third-order valence-electron chi connectivity index (χ3n) is 4.87. The van der Waals surface area contributed by atoms with Gasteiger partial charge in [-0.2, -0.15) is 0 Å². The zero-order valence-electron chi connectivity index (χ0n) is 12.0. The van der Waals surface area contributed by atoms with E-state index in [0.717, 1.165) is 38.8 Å². The van der Waals surface area contributed by atoms with Gasteiger partial charge in [-0.1, -0.05) is 26.7 Å². The van der Waals surface area contributed by atoms with E-state index >= 15 is 0 Å². The topological polar surface area (TPSA) is 32.3 Å². The number of nitrogens with zero attached hydrogens (tertiary/aromatic N) is 1. The van der Waals surface area contributed by atoms with Crippen molar-refractivity contribution in [2.45, 2.75) is 76.8 Å². The smallest absolute Gasteiger partial charge is 0.243 e. The summed E-state index contributed by atoms with van der Waals surface area (Å²) in [4.78, 5) is 15.1. The molecule has 2 saturated heterocycles. The van der Waals surface area contributed by atoms with Crippen molar-refractivity contribution in [2.75, 3.05) is 13.1 Å². The number of likely N-dealkylation sites (tertiary alicyclic amines) is 1. The maximum Gasteiger partial charge on any atom is 0.243 e. The Bertz CT molecular complexity index is 284. The Morgan fingerprint density at radius 3 is 2.72 bits per heavy atom. The van der Waals surface area contributed by atoms with Crippen LogP contribution in [0.25, 0.3) is 0 Å². The number of rotatable bonds is 3. The molecule has 1 N–H and O–H groups in total. The van der Waals surface area contributed by atoms with Crippen LogP contribution in [0.5, 0.6) is 0 Å². The first-order valence-corrected chi connectivity index (χ1v) is 7.79. The van der Waals surface area contributed by atoms with Crippen LogP contribution in [-0.4, -0.2) is 35.5 Å². The van der Waals surface area contributed by atoms with Crippen LogP contribution >= 0.6 is 0 Å². The minimum absolute atomic E-state index is 0.238. The van der Waals surface area contributed by atoms with Crippen LogP contribution in [0.2, 0.25) is 0 Å². The van der Waals surface area contributed by atoms with Crippen LogP contribution < -0.4 is 5.32 Å². The molecule has 0 bridgehead atoms. The van der Waals surface area contributed by atoms with Crippen molar-refractivity contribution in [3.8, 4) is 0 Å². The molecule has 0 aromatic heterocycles. The molecule has 0 aromatic rings. The standard InChI is InChI=1S/C15H28N2O/c1-3-13-9-6-5-7-12-17(13)14(18)15(4-2)10-8-11-16-15/h13,16H,3-12H2,1-2H3. The van der Waals surface area contributed by atoms with Crippen LogP contribution in [0, 0.1) is 0 Å². The van der Waals surface area contributed by atoms with Gasteiger partial charge < -0.3 is 10.2 Å². The molecule has 2 aliphatic heterocycles. The van der Waals surface area contributed by atoms with Crippen molar-refractivity contribution in [1.29, 1.82) is 0 Å². The predicted octanol–water partition coefficient (Wildman–Crippen LogP) is 2.70. The number of nitrogens with one attached hydrogen (secondary N) is 1. The lowest BCUT2D eigenvalue weighted by Crippen LogP contribution is -2.57. The summed E-state index contributed by atoms with van der Waals surface area (Å²) in [5.74, 6) is 0.385. The molecule has 2 unspecified atom stereocenters. The minimum Gasteiger partial charge on any atom is -0.338 e. The molecule has 2 aliphatic rings. The number of carbonyl (C=O) groups excluding carboxylic acids is 1. The third-order valence-corrected chi connectivity index (χ3v) is 4.87. The van der Waals surface area contributed by atoms with Gasteiger partial charge in [-0.25, -0.2) is 0 Å². The minimum atomic E-state index is -0.238. The molecule has 104 valence electrons.